The first-order chi connectivity index (χ1) is 3.93. The first-order valence-electron chi connectivity index (χ1n) is 3.36. The summed E-state index contributed by atoms with van der Waals surface area (Å²) in [5, 5.41) is 0. The lowest BCUT2D eigenvalue weighted by Crippen LogP contribution is -2.31. The van der Waals surface area contributed by atoms with Gasteiger partial charge in [0.25, 0.3) is 0 Å². The molecule has 1 aliphatic rings. The van der Waals surface area contributed by atoms with Crippen molar-refractivity contribution in [1.29, 1.82) is 0 Å². The van der Waals surface area contributed by atoms with E-state index in [1.165, 1.54) is 25.9 Å². The minimum Gasteiger partial charge on any atom is -0.325 e. The molecule has 0 aromatic rings. The molecule has 47 valence electrons. The number of nitrogens with two attached hydrogens (primary N) is 1. The molecule has 2 N–H and O–H groups in total. The molecule has 1 radical (unpaired) electrons. The Labute approximate surface area is 50.7 Å². The highest BCUT2D eigenvalue weighted by atomic mass is 15.1. The van der Waals surface area contributed by atoms with Gasteiger partial charge in [-0.3, -0.25) is 0 Å². The molecule has 1 rings (SSSR count). The van der Waals surface area contributed by atoms with Crippen molar-refractivity contribution in [3.63, 3.8) is 0 Å². The van der Waals surface area contributed by atoms with Gasteiger partial charge in [-0.25, -0.2) is 0 Å². The van der Waals surface area contributed by atoms with Crippen LogP contribution in [-0.4, -0.2) is 26.2 Å². The fourth-order valence-corrected chi connectivity index (χ4v) is 1.19. The zero-order valence-electron chi connectivity index (χ0n) is 5.27. The van der Waals surface area contributed by atoms with Crippen molar-refractivity contribution >= 4 is 0 Å². The largest absolute Gasteiger partial charge is 0.325 e. The first-order valence-corrected chi connectivity index (χ1v) is 3.36. The number of hydrogen-bond acceptors (Lipinski definition) is 2. The van der Waals surface area contributed by atoms with Crippen LogP contribution in [0, 0.1) is 0 Å². The van der Waals surface area contributed by atoms with E-state index >= 15 is 0 Å². The van der Waals surface area contributed by atoms with Crippen LogP contribution in [-0.2, 0) is 0 Å². The highest BCUT2D eigenvalue weighted by molar-refractivity contribution is 4.71. The van der Waals surface area contributed by atoms with Gasteiger partial charge in [0.05, 0.1) is 0 Å². The topological polar surface area (TPSA) is 31.9 Å². The Morgan fingerprint density at radius 2 is 1.88 bits per heavy atom. The van der Waals surface area contributed by atoms with Crippen LogP contribution in [0.25, 0.3) is 0 Å². The van der Waals surface area contributed by atoms with E-state index in [0.29, 0.717) is 0 Å². The Bertz CT molecular complexity index is 57.5. The van der Waals surface area contributed by atoms with Crippen molar-refractivity contribution in [2.75, 3.05) is 26.2 Å². The van der Waals surface area contributed by atoms with Crippen LogP contribution in [0.4, 0.5) is 0 Å². The molecule has 1 heterocycles. The van der Waals surface area contributed by atoms with Crippen LogP contribution in [0.15, 0.2) is 0 Å². The van der Waals surface area contributed by atoms with E-state index < -0.39 is 0 Å². The van der Waals surface area contributed by atoms with E-state index in [9.17, 15) is 0 Å². The lowest BCUT2D eigenvalue weighted by Gasteiger charge is -1.99. The summed E-state index contributed by atoms with van der Waals surface area (Å²) in [7, 11) is 0. The highest BCUT2D eigenvalue weighted by Crippen LogP contribution is 2.01. The average molecular weight is 114 g/mol. The third-order valence-corrected chi connectivity index (χ3v) is 1.64. The highest BCUT2D eigenvalue weighted by Gasteiger charge is 2.18. The maximum atomic E-state index is 5.37. The zero-order chi connectivity index (χ0) is 5.82. The zero-order valence-corrected chi connectivity index (χ0v) is 5.27. The Kier molecular flexibility index (Phi) is 2.30. The molecule has 0 saturated carbocycles. The second-order valence-electron chi connectivity index (χ2n) is 2.34. The Morgan fingerprint density at radius 1 is 1.25 bits per heavy atom. The summed E-state index contributed by atoms with van der Waals surface area (Å²) in [4.78, 5) is 2.42. The second-order valence-corrected chi connectivity index (χ2v) is 2.34. The third-order valence-electron chi connectivity index (χ3n) is 1.64. The number of likely N-dealkylation sites (tertiary alicyclic amines) is 1. The SMILES string of the molecule is NCC[N+]1CCCC1. The van der Waals surface area contributed by atoms with Gasteiger partial charge in [0.15, 0.2) is 0 Å². The Balaban J connectivity index is 2.06. The minimum atomic E-state index is 0.819. The van der Waals surface area contributed by atoms with Gasteiger partial charge in [-0.15, -0.1) is 0 Å². The molecule has 2 nitrogen and oxygen atoms in total. The van der Waals surface area contributed by atoms with Crippen LogP contribution in [0.3, 0.4) is 0 Å². The Morgan fingerprint density at radius 3 is 2.38 bits per heavy atom. The molecule has 2 heteroatoms. The molecule has 1 aliphatic heterocycles. The molecular formula is C6H14N2+. The summed E-state index contributed by atoms with van der Waals surface area (Å²) in [5.74, 6) is 0. The molecule has 0 unspecified atom stereocenters. The molecule has 8 heavy (non-hydrogen) atoms. The molecule has 0 aliphatic carbocycles. The predicted molar refractivity (Wildman–Crippen MR) is 35.0 cm³/mol. The van der Waals surface area contributed by atoms with Gasteiger partial charge in [0.1, 0.15) is 19.6 Å². The summed E-state index contributed by atoms with van der Waals surface area (Å²) in [6.07, 6.45) is 2.75. The van der Waals surface area contributed by atoms with Gasteiger partial charge in [-0.1, -0.05) is 0 Å². The van der Waals surface area contributed by atoms with Crippen LogP contribution in [0.1, 0.15) is 12.8 Å². The van der Waals surface area contributed by atoms with Crippen molar-refractivity contribution in [3.8, 4) is 0 Å². The van der Waals surface area contributed by atoms with E-state index in [4.69, 9.17) is 5.73 Å². The van der Waals surface area contributed by atoms with Crippen molar-refractivity contribution in [3.05, 3.63) is 0 Å². The van der Waals surface area contributed by atoms with Crippen LogP contribution in [0.5, 0.6) is 0 Å². The molecule has 0 aromatic heterocycles. The molecular weight excluding hydrogens is 100 g/mol. The molecule has 0 amide bonds. The molecule has 0 atom stereocenters. The fraction of sp³-hybridized carbons (Fsp3) is 1.00. The van der Waals surface area contributed by atoms with Crippen LogP contribution < -0.4 is 10.6 Å². The third kappa shape index (κ3) is 1.46. The quantitative estimate of drug-likeness (QED) is 0.499. The maximum Gasteiger partial charge on any atom is 0.135 e. The number of nitrogens with zero attached hydrogens (tertiary/aromatic N) is 1. The van der Waals surface area contributed by atoms with Gasteiger partial charge in [-0.05, 0) is 0 Å². The maximum absolute atomic E-state index is 5.37. The van der Waals surface area contributed by atoms with Gasteiger partial charge in [-0.2, -0.15) is 4.90 Å². The van der Waals surface area contributed by atoms with Gasteiger partial charge in [0, 0.05) is 19.4 Å². The van der Waals surface area contributed by atoms with E-state index in [-0.39, 0.29) is 0 Å². The molecule has 1 saturated heterocycles. The summed E-state index contributed by atoms with van der Waals surface area (Å²) < 4.78 is 0. The average Bonchev–Trinajstić information content (AvgIpc) is 2.19. The lowest BCUT2D eigenvalue weighted by molar-refractivity contribution is 0.496. The van der Waals surface area contributed by atoms with Crippen LogP contribution in [0.2, 0.25) is 0 Å². The molecule has 0 spiro atoms. The van der Waals surface area contributed by atoms with Gasteiger partial charge in [0.2, 0.25) is 0 Å². The monoisotopic (exact) mass is 114 g/mol. The smallest absolute Gasteiger partial charge is 0.135 e. The summed E-state index contributed by atoms with van der Waals surface area (Å²) in [6.45, 7) is 4.47. The molecule has 0 bridgehead atoms. The Hall–Kier alpha value is -0.0800. The van der Waals surface area contributed by atoms with Crippen molar-refractivity contribution < 1.29 is 0 Å². The molecule has 1 fully saturated rings. The van der Waals surface area contributed by atoms with E-state index in [2.05, 4.69) is 4.90 Å². The summed E-state index contributed by atoms with van der Waals surface area (Å²) in [5.41, 5.74) is 5.37. The van der Waals surface area contributed by atoms with Crippen molar-refractivity contribution in [1.82, 2.24) is 4.90 Å². The second kappa shape index (κ2) is 3.05. The lowest BCUT2D eigenvalue weighted by atomic mass is 10.4. The standard InChI is InChI=1S/C6H14N2/c7-3-6-8-4-1-2-5-8/h1-7H2/q+1. The van der Waals surface area contributed by atoms with Crippen molar-refractivity contribution in [2.24, 2.45) is 5.73 Å². The van der Waals surface area contributed by atoms with E-state index in [1.54, 1.807) is 0 Å². The van der Waals surface area contributed by atoms with Gasteiger partial charge >= 0.3 is 0 Å². The summed E-state index contributed by atoms with van der Waals surface area (Å²) in [6, 6.07) is 0. The van der Waals surface area contributed by atoms with E-state index in [0.717, 1.165) is 13.1 Å². The van der Waals surface area contributed by atoms with Crippen LogP contribution >= 0.6 is 0 Å². The van der Waals surface area contributed by atoms with Gasteiger partial charge < -0.3 is 5.73 Å². The molecule has 0 aromatic carbocycles. The normalized spacial score (nSPS) is 22.1. The predicted octanol–water partition coefficient (Wildman–Crippen LogP) is -0.121. The summed E-state index contributed by atoms with van der Waals surface area (Å²) >= 11 is 0. The minimum absolute atomic E-state index is 0.819. The number of hydrogen-bond donors (Lipinski definition) is 1. The fourth-order valence-electron chi connectivity index (χ4n) is 1.19. The van der Waals surface area contributed by atoms with Crippen molar-refractivity contribution in [2.45, 2.75) is 12.8 Å². The first kappa shape index (κ1) is 6.05. The number of rotatable bonds is 2. The van der Waals surface area contributed by atoms with E-state index in [1.807, 2.05) is 0 Å².